The van der Waals surface area contributed by atoms with Crippen molar-refractivity contribution in [2.45, 2.75) is 13.5 Å². The van der Waals surface area contributed by atoms with Crippen LogP contribution < -0.4 is 0 Å². The van der Waals surface area contributed by atoms with Crippen LogP contribution in [0.25, 0.3) is 0 Å². The highest BCUT2D eigenvalue weighted by Crippen LogP contribution is 1.88. The second kappa shape index (κ2) is 6.12. The Morgan fingerprint density at radius 1 is 1.73 bits per heavy atom. The molecule has 0 radical (unpaired) electrons. The summed E-state index contributed by atoms with van der Waals surface area (Å²) in [5, 5.41) is 0. The molecule has 0 amide bonds. The first-order valence-electron chi connectivity index (χ1n) is 3.61. The van der Waals surface area contributed by atoms with Gasteiger partial charge < -0.3 is 9.16 Å². The molecule has 0 saturated carbocycles. The Kier molecular flexibility index (Phi) is 5.78. The zero-order valence-corrected chi connectivity index (χ0v) is 8.16. The monoisotopic (exact) mass is 174 g/mol. The third-order valence-electron chi connectivity index (χ3n) is 1.08. The van der Waals surface area contributed by atoms with Gasteiger partial charge >= 0.3 is 5.97 Å². The maximum absolute atomic E-state index is 10.5. The first kappa shape index (κ1) is 10.4. The number of hydrogen-bond donors (Lipinski definition) is 0. The van der Waals surface area contributed by atoms with Gasteiger partial charge in [-0.05, 0) is 13.5 Å². The van der Waals surface area contributed by atoms with Gasteiger partial charge in [-0.25, -0.2) is 4.79 Å². The van der Waals surface area contributed by atoms with Crippen molar-refractivity contribution >= 4 is 15.0 Å². The van der Waals surface area contributed by atoms with Crippen LogP contribution in [0.4, 0.5) is 0 Å². The van der Waals surface area contributed by atoms with E-state index in [2.05, 4.69) is 6.58 Å². The molecule has 1 atom stereocenters. The predicted octanol–water partition coefficient (Wildman–Crippen LogP) is 0.645. The second-order valence-corrected chi connectivity index (χ2v) is 4.39. The predicted molar refractivity (Wildman–Crippen MR) is 45.8 cm³/mol. The number of hydrogen-bond acceptors (Lipinski definition) is 3. The molecule has 0 aromatic heterocycles. The zero-order chi connectivity index (χ0) is 8.69. The lowest BCUT2D eigenvalue weighted by Crippen LogP contribution is -2.22. The molecule has 64 valence electrons. The standard InChI is InChI=1S/C7H14O3Si/c1-4-7(8)9-6-11(3)10-5-2/h4,11H,1,5-6H2,2-3H3. The van der Waals surface area contributed by atoms with Crippen molar-refractivity contribution in [3.8, 4) is 0 Å². The number of carbonyl (C=O) groups excluding carboxylic acids is 1. The SMILES string of the molecule is C=CC(=O)OC[SiH](C)OCC. The number of esters is 1. The fourth-order valence-corrected chi connectivity index (χ4v) is 1.66. The van der Waals surface area contributed by atoms with E-state index in [9.17, 15) is 4.79 Å². The van der Waals surface area contributed by atoms with E-state index in [4.69, 9.17) is 9.16 Å². The molecule has 0 N–H and O–H groups in total. The largest absolute Gasteiger partial charge is 0.464 e. The molecule has 0 spiro atoms. The van der Waals surface area contributed by atoms with Crippen LogP contribution in [0, 0.1) is 0 Å². The first-order valence-corrected chi connectivity index (χ1v) is 6.05. The Labute approximate surface area is 68.7 Å². The minimum absolute atomic E-state index is 0.371. The van der Waals surface area contributed by atoms with Crippen molar-refractivity contribution in [3.05, 3.63) is 12.7 Å². The van der Waals surface area contributed by atoms with Gasteiger partial charge in [-0.3, -0.25) is 0 Å². The molecule has 0 aromatic rings. The lowest BCUT2D eigenvalue weighted by molar-refractivity contribution is -0.136. The highest BCUT2D eigenvalue weighted by atomic mass is 28.3. The van der Waals surface area contributed by atoms with Crippen molar-refractivity contribution in [2.24, 2.45) is 0 Å². The average molecular weight is 174 g/mol. The third-order valence-corrected chi connectivity index (χ3v) is 2.62. The van der Waals surface area contributed by atoms with Crippen molar-refractivity contribution < 1.29 is 14.0 Å². The molecular weight excluding hydrogens is 160 g/mol. The van der Waals surface area contributed by atoms with Crippen LogP contribution in [-0.4, -0.2) is 27.8 Å². The van der Waals surface area contributed by atoms with E-state index in [0.717, 1.165) is 6.08 Å². The maximum Gasteiger partial charge on any atom is 0.329 e. The quantitative estimate of drug-likeness (QED) is 0.349. The lowest BCUT2D eigenvalue weighted by atomic mass is 10.7. The molecule has 11 heavy (non-hydrogen) atoms. The van der Waals surface area contributed by atoms with Crippen LogP contribution in [0.15, 0.2) is 12.7 Å². The smallest absolute Gasteiger partial charge is 0.329 e. The number of carbonyl (C=O) groups is 1. The summed E-state index contributed by atoms with van der Waals surface area (Å²) >= 11 is 0. The average Bonchev–Trinajstić information content (AvgIpc) is 2.01. The fraction of sp³-hybridized carbons (Fsp3) is 0.571. The zero-order valence-electron chi connectivity index (χ0n) is 7.00. The first-order chi connectivity index (χ1) is 5.20. The molecule has 0 rings (SSSR count). The van der Waals surface area contributed by atoms with Crippen LogP contribution >= 0.6 is 0 Å². The van der Waals surface area contributed by atoms with Gasteiger partial charge in [0, 0.05) is 12.7 Å². The summed E-state index contributed by atoms with van der Waals surface area (Å²) in [7, 11) is -1.26. The van der Waals surface area contributed by atoms with E-state index in [-0.39, 0.29) is 5.97 Å². The minimum atomic E-state index is -1.26. The Hall–Kier alpha value is -0.613. The topological polar surface area (TPSA) is 35.5 Å². The summed E-state index contributed by atoms with van der Waals surface area (Å²) in [5.74, 6) is -0.371. The minimum Gasteiger partial charge on any atom is -0.464 e. The van der Waals surface area contributed by atoms with Gasteiger partial charge in [-0.15, -0.1) is 0 Å². The van der Waals surface area contributed by atoms with Crippen LogP contribution in [0.1, 0.15) is 6.92 Å². The summed E-state index contributed by atoms with van der Waals surface area (Å²) in [6, 6.07) is 0. The van der Waals surface area contributed by atoms with Crippen molar-refractivity contribution in [3.63, 3.8) is 0 Å². The van der Waals surface area contributed by atoms with Gasteiger partial charge in [-0.2, -0.15) is 0 Å². The molecular formula is C7H14O3Si. The van der Waals surface area contributed by atoms with E-state index < -0.39 is 9.04 Å². The lowest BCUT2D eigenvalue weighted by Gasteiger charge is -2.08. The second-order valence-electron chi connectivity index (χ2n) is 2.10. The summed E-state index contributed by atoms with van der Waals surface area (Å²) in [4.78, 5) is 10.5. The molecule has 3 nitrogen and oxygen atoms in total. The van der Waals surface area contributed by atoms with Crippen LogP contribution in [-0.2, 0) is 14.0 Å². The molecule has 4 heteroatoms. The summed E-state index contributed by atoms with van der Waals surface area (Å²) in [6.07, 6.45) is 1.59. The number of ether oxygens (including phenoxy) is 1. The van der Waals surface area contributed by atoms with Gasteiger partial charge in [0.2, 0.25) is 9.04 Å². The molecule has 0 fully saturated rings. The molecule has 0 aliphatic rings. The molecule has 0 saturated heterocycles. The van der Waals surface area contributed by atoms with Crippen LogP contribution in [0.2, 0.25) is 6.55 Å². The normalized spacial score (nSPS) is 12.2. The maximum atomic E-state index is 10.5. The summed E-state index contributed by atoms with van der Waals surface area (Å²) in [5.41, 5.74) is 0. The van der Waals surface area contributed by atoms with Crippen LogP contribution in [0.3, 0.4) is 0 Å². The highest BCUT2D eigenvalue weighted by molar-refractivity contribution is 6.50. The Morgan fingerprint density at radius 2 is 2.36 bits per heavy atom. The van der Waals surface area contributed by atoms with Gasteiger partial charge in [0.05, 0.1) is 0 Å². The van der Waals surface area contributed by atoms with Crippen LogP contribution in [0.5, 0.6) is 0 Å². The van der Waals surface area contributed by atoms with E-state index in [1.165, 1.54) is 0 Å². The highest BCUT2D eigenvalue weighted by Gasteiger charge is 2.05. The van der Waals surface area contributed by atoms with Gasteiger partial charge in [0.1, 0.15) is 6.23 Å². The Bertz CT molecular complexity index is 136. The molecule has 1 unspecified atom stereocenters. The summed E-state index contributed by atoms with van der Waals surface area (Å²) < 4.78 is 10.0. The fourth-order valence-electron chi connectivity index (χ4n) is 0.591. The Morgan fingerprint density at radius 3 is 2.82 bits per heavy atom. The molecule has 0 aliphatic carbocycles. The van der Waals surface area contributed by atoms with Crippen molar-refractivity contribution in [1.29, 1.82) is 0 Å². The van der Waals surface area contributed by atoms with Crippen molar-refractivity contribution in [1.82, 2.24) is 0 Å². The van der Waals surface area contributed by atoms with Gasteiger partial charge in [-0.1, -0.05) is 6.58 Å². The Balaban J connectivity index is 3.37. The van der Waals surface area contributed by atoms with Gasteiger partial charge in [0.25, 0.3) is 0 Å². The molecule has 0 bridgehead atoms. The van der Waals surface area contributed by atoms with E-state index in [1.807, 2.05) is 13.5 Å². The van der Waals surface area contributed by atoms with Crippen molar-refractivity contribution in [2.75, 3.05) is 12.8 Å². The number of rotatable bonds is 5. The third kappa shape index (κ3) is 5.81. The van der Waals surface area contributed by atoms with E-state index in [1.54, 1.807) is 0 Å². The van der Waals surface area contributed by atoms with E-state index in [0.29, 0.717) is 12.8 Å². The molecule has 0 heterocycles. The summed E-state index contributed by atoms with van der Waals surface area (Å²) in [6.45, 7) is 7.89. The molecule has 0 aromatic carbocycles. The van der Waals surface area contributed by atoms with Gasteiger partial charge in [0.15, 0.2) is 0 Å². The van der Waals surface area contributed by atoms with E-state index >= 15 is 0 Å². The molecule has 0 aliphatic heterocycles.